The van der Waals surface area contributed by atoms with Crippen molar-refractivity contribution in [1.29, 1.82) is 0 Å². The quantitative estimate of drug-likeness (QED) is 0.400. The van der Waals surface area contributed by atoms with Crippen LogP contribution in [0.15, 0.2) is 70.1 Å². The molecule has 32 heavy (non-hydrogen) atoms. The lowest BCUT2D eigenvalue weighted by Crippen LogP contribution is -2.35. The normalized spacial score (nSPS) is 11.3. The number of aryl methyl sites for hydroxylation is 2. The van der Waals surface area contributed by atoms with Gasteiger partial charge in [0.1, 0.15) is 6.54 Å². The van der Waals surface area contributed by atoms with Crippen LogP contribution in [0, 0.1) is 13.8 Å². The van der Waals surface area contributed by atoms with Gasteiger partial charge < -0.3 is 4.42 Å². The average Bonchev–Trinajstić information content (AvgIpc) is 3.38. The van der Waals surface area contributed by atoms with Crippen molar-refractivity contribution in [3.05, 3.63) is 88.2 Å². The van der Waals surface area contributed by atoms with Crippen LogP contribution in [0.25, 0.3) is 21.3 Å². The molecule has 0 unspecified atom stereocenters. The topological polar surface area (TPSA) is 81.2 Å². The lowest BCUT2D eigenvalue weighted by Gasteiger charge is -2.20. The fourth-order valence-corrected chi connectivity index (χ4v) is 4.81. The molecule has 0 fully saturated rings. The fraction of sp³-hybridized carbons (Fsp3) is 0.167. The number of rotatable bonds is 5. The minimum absolute atomic E-state index is 0.149. The van der Waals surface area contributed by atoms with Gasteiger partial charge in [0.2, 0.25) is 5.91 Å². The highest BCUT2D eigenvalue weighted by Crippen LogP contribution is 2.34. The molecule has 0 saturated heterocycles. The summed E-state index contributed by atoms with van der Waals surface area (Å²) >= 11 is 1.48. The molecule has 160 valence electrons. The summed E-state index contributed by atoms with van der Waals surface area (Å²) in [7, 11) is 0. The van der Waals surface area contributed by atoms with Crippen LogP contribution in [-0.4, -0.2) is 20.4 Å². The molecule has 0 spiro atoms. The number of aromatic nitrogens is 3. The van der Waals surface area contributed by atoms with Crippen LogP contribution in [0.2, 0.25) is 0 Å². The summed E-state index contributed by atoms with van der Waals surface area (Å²) in [5.41, 5.74) is 4.97. The summed E-state index contributed by atoms with van der Waals surface area (Å²) in [6.45, 7) is 4.20. The van der Waals surface area contributed by atoms with Crippen LogP contribution >= 0.6 is 11.3 Å². The smallest absolute Gasteiger partial charge is 0.408 e. The minimum atomic E-state index is -0.558. The number of anilines is 1. The van der Waals surface area contributed by atoms with Crippen molar-refractivity contribution >= 4 is 43.7 Å². The highest BCUT2D eigenvalue weighted by molar-refractivity contribution is 7.22. The number of fused-ring (bicyclic) bond motifs is 2. The average molecular weight is 445 g/mol. The lowest BCUT2D eigenvalue weighted by molar-refractivity contribution is -0.119. The number of carbonyl (C=O) groups excluding carboxylic acids is 1. The first-order valence-corrected chi connectivity index (χ1v) is 11.0. The molecule has 0 bridgehead atoms. The Balaban J connectivity index is 1.57. The third-order valence-electron chi connectivity index (χ3n) is 5.39. The summed E-state index contributed by atoms with van der Waals surface area (Å²) in [4.78, 5) is 36.5. The van der Waals surface area contributed by atoms with Crippen LogP contribution in [0.4, 0.5) is 5.13 Å². The molecule has 1 amide bonds. The lowest BCUT2D eigenvalue weighted by atomic mass is 10.1. The first-order valence-electron chi connectivity index (χ1n) is 10.2. The predicted molar refractivity (Wildman–Crippen MR) is 125 cm³/mol. The number of hydrogen-bond acceptors (Lipinski definition) is 6. The first-order chi connectivity index (χ1) is 15.5. The second kappa shape index (κ2) is 8.05. The number of hydrogen-bond donors (Lipinski definition) is 0. The highest BCUT2D eigenvalue weighted by Gasteiger charge is 2.23. The van der Waals surface area contributed by atoms with Gasteiger partial charge >= 0.3 is 5.76 Å². The maximum absolute atomic E-state index is 13.5. The van der Waals surface area contributed by atoms with E-state index in [1.54, 1.807) is 35.5 Å². The number of oxazole rings is 1. The van der Waals surface area contributed by atoms with Gasteiger partial charge in [-0.2, -0.15) is 0 Å². The number of nitrogens with zero attached hydrogens (tertiary/aromatic N) is 4. The predicted octanol–water partition coefficient (Wildman–Crippen LogP) is 4.45. The Kier molecular flexibility index (Phi) is 5.07. The molecule has 5 aromatic rings. The number of thiazole rings is 1. The summed E-state index contributed by atoms with van der Waals surface area (Å²) < 4.78 is 7.71. The van der Waals surface area contributed by atoms with Gasteiger partial charge in [-0.15, -0.1) is 0 Å². The summed E-state index contributed by atoms with van der Waals surface area (Å²) in [5.74, 6) is -0.811. The van der Waals surface area contributed by atoms with Crippen molar-refractivity contribution in [2.24, 2.45) is 0 Å². The summed E-state index contributed by atoms with van der Waals surface area (Å²) in [5, 5.41) is 0.590. The standard InChI is InChI=1S/C24H20N4O3S/c1-15-9-10-16(2)22-21(15)26-23(32-22)28(13-17-6-5-11-25-12-17)20(29)14-27-18-7-3-4-8-19(18)31-24(27)30/h3-12H,13-14H2,1-2H3. The van der Waals surface area contributed by atoms with Gasteiger partial charge in [0.25, 0.3) is 0 Å². The Hall–Kier alpha value is -3.78. The molecule has 0 aliphatic rings. The van der Waals surface area contributed by atoms with E-state index in [2.05, 4.69) is 11.1 Å². The maximum Gasteiger partial charge on any atom is 0.420 e. The molecule has 3 heterocycles. The number of pyridine rings is 1. The van der Waals surface area contributed by atoms with E-state index in [4.69, 9.17) is 9.40 Å². The number of para-hydroxylation sites is 2. The second-order valence-electron chi connectivity index (χ2n) is 7.64. The number of benzene rings is 2. The van der Waals surface area contributed by atoms with Crippen LogP contribution in [0.5, 0.6) is 0 Å². The van der Waals surface area contributed by atoms with Crippen LogP contribution < -0.4 is 10.7 Å². The van der Waals surface area contributed by atoms with Gasteiger partial charge in [-0.1, -0.05) is 41.7 Å². The van der Waals surface area contributed by atoms with E-state index in [9.17, 15) is 9.59 Å². The molecular formula is C24H20N4O3S. The van der Waals surface area contributed by atoms with E-state index in [1.807, 2.05) is 38.1 Å². The van der Waals surface area contributed by atoms with E-state index in [1.165, 1.54) is 15.9 Å². The molecule has 0 N–H and O–H groups in total. The van der Waals surface area contributed by atoms with Crippen molar-refractivity contribution in [2.75, 3.05) is 4.90 Å². The fourth-order valence-electron chi connectivity index (χ4n) is 3.68. The zero-order valence-corrected chi connectivity index (χ0v) is 18.4. The molecule has 0 aliphatic carbocycles. The van der Waals surface area contributed by atoms with Gasteiger partial charge in [-0.25, -0.2) is 9.78 Å². The molecule has 0 radical (unpaired) electrons. The first kappa shape index (κ1) is 20.1. The van der Waals surface area contributed by atoms with Gasteiger partial charge in [-0.3, -0.25) is 19.2 Å². The molecule has 5 rings (SSSR count). The maximum atomic E-state index is 13.5. The Morgan fingerprint density at radius 2 is 1.91 bits per heavy atom. The zero-order valence-electron chi connectivity index (χ0n) is 17.6. The second-order valence-corrected chi connectivity index (χ2v) is 8.61. The van der Waals surface area contributed by atoms with E-state index in [0.29, 0.717) is 22.8 Å². The molecule has 0 saturated carbocycles. The van der Waals surface area contributed by atoms with Crippen molar-refractivity contribution in [3.8, 4) is 0 Å². The Morgan fingerprint density at radius 1 is 1.09 bits per heavy atom. The molecule has 3 aromatic heterocycles. The SMILES string of the molecule is Cc1ccc(C)c2sc(N(Cc3cccnc3)C(=O)Cn3c(=O)oc4ccccc43)nc12. The third-order valence-corrected chi connectivity index (χ3v) is 6.61. The van der Waals surface area contributed by atoms with Crippen LogP contribution in [0.1, 0.15) is 16.7 Å². The molecule has 0 atom stereocenters. The van der Waals surface area contributed by atoms with Crippen LogP contribution in [-0.2, 0) is 17.9 Å². The van der Waals surface area contributed by atoms with Gasteiger partial charge in [0, 0.05) is 12.4 Å². The highest BCUT2D eigenvalue weighted by atomic mass is 32.1. The molecule has 7 nitrogen and oxygen atoms in total. The van der Waals surface area contributed by atoms with E-state index in [-0.39, 0.29) is 12.5 Å². The number of amides is 1. The molecule has 2 aromatic carbocycles. The van der Waals surface area contributed by atoms with Crippen molar-refractivity contribution in [3.63, 3.8) is 0 Å². The summed E-state index contributed by atoms with van der Waals surface area (Å²) in [6.07, 6.45) is 3.42. The largest absolute Gasteiger partial charge is 0.420 e. The molecule has 0 aliphatic heterocycles. The summed E-state index contributed by atoms with van der Waals surface area (Å²) in [6, 6.07) is 14.9. The van der Waals surface area contributed by atoms with Gasteiger partial charge in [0.05, 0.1) is 22.3 Å². The Morgan fingerprint density at radius 3 is 2.69 bits per heavy atom. The van der Waals surface area contributed by atoms with E-state index < -0.39 is 5.76 Å². The van der Waals surface area contributed by atoms with E-state index >= 15 is 0 Å². The Bertz CT molecular complexity index is 1460. The van der Waals surface area contributed by atoms with Gasteiger partial charge in [0.15, 0.2) is 10.7 Å². The molecular weight excluding hydrogens is 424 g/mol. The minimum Gasteiger partial charge on any atom is -0.408 e. The number of carbonyl (C=O) groups is 1. The van der Waals surface area contributed by atoms with Crippen LogP contribution in [0.3, 0.4) is 0 Å². The zero-order chi connectivity index (χ0) is 22.2. The Labute approximate surface area is 187 Å². The third kappa shape index (κ3) is 3.58. The van der Waals surface area contributed by atoms with Crippen molar-refractivity contribution in [1.82, 2.24) is 14.5 Å². The van der Waals surface area contributed by atoms with Crippen molar-refractivity contribution in [2.45, 2.75) is 26.9 Å². The van der Waals surface area contributed by atoms with Crippen molar-refractivity contribution < 1.29 is 9.21 Å². The monoisotopic (exact) mass is 444 g/mol. The van der Waals surface area contributed by atoms with E-state index in [0.717, 1.165) is 26.9 Å². The van der Waals surface area contributed by atoms with Gasteiger partial charge in [-0.05, 0) is 48.7 Å². The molecule has 8 heteroatoms.